The molecule has 8 heteroatoms. The van der Waals surface area contributed by atoms with Gasteiger partial charge in [-0.15, -0.1) is 11.3 Å². The van der Waals surface area contributed by atoms with Gasteiger partial charge in [0.05, 0.1) is 12.2 Å². The highest BCUT2D eigenvalue weighted by molar-refractivity contribution is 7.13. The molecule has 1 N–H and O–H groups in total. The van der Waals surface area contributed by atoms with E-state index in [1.807, 2.05) is 36.4 Å². The van der Waals surface area contributed by atoms with E-state index >= 15 is 0 Å². The van der Waals surface area contributed by atoms with E-state index < -0.39 is 11.2 Å². The van der Waals surface area contributed by atoms with Crippen molar-refractivity contribution < 1.29 is 0 Å². The van der Waals surface area contributed by atoms with Crippen molar-refractivity contribution >= 4 is 22.2 Å². The van der Waals surface area contributed by atoms with Crippen LogP contribution < -0.4 is 16.6 Å². The predicted molar refractivity (Wildman–Crippen MR) is 96.3 cm³/mol. The van der Waals surface area contributed by atoms with Gasteiger partial charge in [0.2, 0.25) is 0 Å². The number of thiazole rings is 1. The van der Waals surface area contributed by atoms with Gasteiger partial charge in [-0.3, -0.25) is 13.9 Å². The van der Waals surface area contributed by atoms with Crippen LogP contribution in [0.3, 0.4) is 0 Å². The zero-order valence-electron chi connectivity index (χ0n) is 13.5. The fourth-order valence-electron chi connectivity index (χ4n) is 2.34. The van der Waals surface area contributed by atoms with Gasteiger partial charge >= 0.3 is 5.69 Å². The highest BCUT2D eigenvalue weighted by Crippen LogP contribution is 2.20. The Morgan fingerprint density at radius 3 is 2.72 bits per heavy atom. The molecule has 0 amide bonds. The number of nitriles is 1. The van der Waals surface area contributed by atoms with Crippen molar-refractivity contribution in [1.82, 2.24) is 14.1 Å². The molecule has 126 valence electrons. The molecule has 0 atom stereocenters. The maximum atomic E-state index is 12.4. The molecule has 25 heavy (non-hydrogen) atoms. The van der Waals surface area contributed by atoms with E-state index in [-0.39, 0.29) is 12.1 Å². The summed E-state index contributed by atoms with van der Waals surface area (Å²) in [6.07, 6.45) is 1.30. The fourth-order valence-corrected chi connectivity index (χ4v) is 3.06. The Labute approximate surface area is 147 Å². The number of hydrogen-bond donors (Lipinski definition) is 1. The Kier molecular flexibility index (Phi) is 4.77. The molecule has 0 aliphatic heterocycles. The molecular weight excluding hydrogens is 338 g/mol. The summed E-state index contributed by atoms with van der Waals surface area (Å²) >= 11 is 1.38. The first-order valence-corrected chi connectivity index (χ1v) is 8.51. The normalized spacial score (nSPS) is 10.4. The summed E-state index contributed by atoms with van der Waals surface area (Å²) in [7, 11) is 0. The maximum Gasteiger partial charge on any atom is 0.331 e. The smallest absolute Gasteiger partial charge is 0.331 e. The van der Waals surface area contributed by atoms with E-state index in [0.29, 0.717) is 17.4 Å². The Bertz CT molecular complexity index is 1040. The largest absolute Gasteiger partial charge is 0.332 e. The van der Waals surface area contributed by atoms with Crippen LogP contribution >= 0.6 is 11.3 Å². The number of para-hydroxylation sites is 1. The highest BCUT2D eigenvalue weighted by atomic mass is 32.1. The minimum absolute atomic E-state index is 0.0279. The van der Waals surface area contributed by atoms with Gasteiger partial charge in [-0.05, 0) is 19.1 Å². The topological polar surface area (TPSA) is 92.7 Å². The first kappa shape index (κ1) is 16.7. The summed E-state index contributed by atoms with van der Waals surface area (Å²) in [5.74, 6) is 0. The van der Waals surface area contributed by atoms with Gasteiger partial charge in [0.25, 0.3) is 5.56 Å². The lowest BCUT2D eigenvalue weighted by Crippen LogP contribution is -2.41. The SMILES string of the molecule is CCn1cc(C#N)c(=O)n(Cc2csc(Nc3ccccc3)n2)c1=O. The molecule has 0 unspecified atom stereocenters. The molecule has 0 spiro atoms. The third-order valence-electron chi connectivity index (χ3n) is 3.60. The Morgan fingerprint density at radius 1 is 1.28 bits per heavy atom. The summed E-state index contributed by atoms with van der Waals surface area (Å²) in [5.41, 5.74) is 0.389. The van der Waals surface area contributed by atoms with Gasteiger partial charge in [-0.2, -0.15) is 5.26 Å². The molecule has 0 aliphatic carbocycles. The standard InChI is InChI=1S/C17H15N5O2S/c1-2-21-9-12(8-18)15(23)22(17(21)24)10-14-11-25-16(20-14)19-13-6-4-3-5-7-13/h3-7,9,11H,2,10H2,1H3,(H,19,20). The van der Waals surface area contributed by atoms with E-state index in [0.717, 1.165) is 10.3 Å². The zero-order chi connectivity index (χ0) is 17.8. The predicted octanol–water partition coefficient (Wildman–Crippen LogP) is 2.15. The zero-order valence-corrected chi connectivity index (χ0v) is 14.3. The molecule has 0 saturated heterocycles. The quantitative estimate of drug-likeness (QED) is 0.759. The lowest BCUT2D eigenvalue weighted by Gasteiger charge is -2.08. The number of aryl methyl sites for hydroxylation is 1. The molecule has 0 fully saturated rings. The summed E-state index contributed by atoms with van der Waals surface area (Å²) in [4.78, 5) is 29.1. The van der Waals surface area contributed by atoms with Crippen molar-refractivity contribution in [2.75, 3.05) is 5.32 Å². The van der Waals surface area contributed by atoms with Gasteiger partial charge in [0.1, 0.15) is 11.6 Å². The van der Waals surface area contributed by atoms with Crippen LogP contribution in [0.2, 0.25) is 0 Å². The van der Waals surface area contributed by atoms with Crippen LogP contribution in [0.5, 0.6) is 0 Å². The third kappa shape index (κ3) is 3.51. The van der Waals surface area contributed by atoms with Crippen molar-refractivity contribution in [2.45, 2.75) is 20.0 Å². The number of benzene rings is 1. The van der Waals surface area contributed by atoms with E-state index in [4.69, 9.17) is 5.26 Å². The van der Waals surface area contributed by atoms with Crippen LogP contribution in [-0.4, -0.2) is 14.1 Å². The molecule has 0 radical (unpaired) electrons. The Morgan fingerprint density at radius 2 is 2.04 bits per heavy atom. The minimum Gasteiger partial charge on any atom is -0.332 e. The molecule has 3 rings (SSSR count). The average molecular weight is 353 g/mol. The molecule has 0 aliphatic rings. The molecule has 7 nitrogen and oxygen atoms in total. The van der Waals surface area contributed by atoms with Crippen LogP contribution in [0.1, 0.15) is 18.2 Å². The summed E-state index contributed by atoms with van der Waals surface area (Å²) in [5, 5.41) is 14.7. The number of nitrogens with one attached hydrogen (secondary N) is 1. The van der Waals surface area contributed by atoms with E-state index in [1.54, 1.807) is 12.3 Å². The second-order valence-electron chi connectivity index (χ2n) is 5.25. The Hall–Kier alpha value is -3.18. The second-order valence-corrected chi connectivity index (χ2v) is 6.11. The lowest BCUT2D eigenvalue weighted by molar-refractivity contribution is 0.593. The van der Waals surface area contributed by atoms with Crippen molar-refractivity contribution in [2.24, 2.45) is 0 Å². The van der Waals surface area contributed by atoms with Crippen LogP contribution in [-0.2, 0) is 13.1 Å². The number of nitrogens with zero attached hydrogens (tertiary/aromatic N) is 4. The first-order valence-electron chi connectivity index (χ1n) is 7.63. The van der Waals surface area contributed by atoms with Crippen molar-refractivity contribution in [3.8, 4) is 6.07 Å². The maximum absolute atomic E-state index is 12.4. The second kappa shape index (κ2) is 7.15. The van der Waals surface area contributed by atoms with Crippen molar-refractivity contribution in [3.63, 3.8) is 0 Å². The number of rotatable bonds is 5. The molecule has 0 saturated carbocycles. The number of hydrogen-bond acceptors (Lipinski definition) is 6. The van der Waals surface area contributed by atoms with Gasteiger partial charge in [-0.1, -0.05) is 18.2 Å². The van der Waals surface area contributed by atoms with Gasteiger partial charge in [-0.25, -0.2) is 9.78 Å². The van der Waals surface area contributed by atoms with Crippen molar-refractivity contribution in [1.29, 1.82) is 5.26 Å². The number of aromatic nitrogens is 3. The van der Waals surface area contributed by atoms with Crippen LogP contribution in [0.4, 0.5) is 10.8 Å². The van der Waals surface area contributed by atoms with Gasteiger partial charge in [0.15, 0.2) is 5.13 Å². The van der Waals surface area contributed by atoms with Gasteiger partial charge in [0, 0.05) is 23.8 Å². The van der Waals surface area contributed by atoms with Gasteiger partial charge < -0.3 is 5.32 Å². The van der Waals surface area contributed by atoms with E-state index in [2.05, 4.69) is 10.3 Å². The minimum atomic E-state index is -0.595. The van der Waals surface area contributed by atoms with E-state index in [1.165, 1.54) is 22.1 Å². The molecule has 3 aromatic rings. The van der Waals surface area contributed by atoms with Crippen molar-refractivity contribution in [3.05, 3.63) is 74.0 Å². The van der Waals surface area contributed by atoms with Crippen LogP contribution in [0.25, 0.3) is 0 Å². The molecule has 2 aromatic heterocycles. The fraction of sp³-hybridized carbons (Fsp3) is 0.176. The summed E-state index contributed by atoms with van der Waals surface area (Å²) in [6, 6.07) is 11.4. The average Bonchev–Trinajstić information content (AvgIpc) is 3.07. The van der Waals surface area contributed by atoms with Crippen LogP contribution in [0, 0.1) is 11.3 Å². The van der Waals surface area contributed by atoms with E-state index in [9.17, 15) is 9.59 Å². The monoisotopic (exact) mass is 353 g/mol. The Balaban J connectivity index is 1.90. The molecule has 0 bridgehead atoms. The summed E-state index contributed by atoms with van der Waals surface area (Å²) < 4.78 is 2.39. The molecular formula is C17H15N5O2S. The first-order chi connectivity index (χ1) is 12.1. The molecule has 2 heterocycles. The highest BCUT2D eigenvalue weighted by Gasteiger charge is 2.12. The lowest BCUT2D eigenvalue weighted by atomic mass is 10.3. The third-order valence-corrected chi connectivity index (χ3v) is 4.40. The molecule has 1 aromatic carbocycles. The number of anilines is 2. The summed E-state index contributed by atoms with van der Waals surface area (Å²) in [6.45, 7) is 2.19. The van der Waals surface area contributed by atoms with Crippen LogP contribution in [0.15, 0.2) is 51.5 Å².